The van der Waals surface area contributed by atoms with Gasteiger partial charge in [0.15, 0.2) is 0 Å². The Balaban J connectivity index is 2.58. The van der Waals surface area contributed by atoms with E-state index in [0.29, 0.717) is 19.5 Å². The van der Waals surface area contributed by atoms with Gasteiger partial charge in [-0.2, -0.15) is 5.26 Å². The van der Waals surface area contributed by atoms with Gasteiger partial charge in [-0.15, -0.1) is 0 Å². The molecule has 0 aromatic heterocycles. The molecule has 0 saturated carbocycles. The number of hydrogen-bond acceptors (Lipinski definition) is 3. The molecule has 82 valence electrons. The number of hydrogen-bond donors (Lipinski definition) is 1. The number of carbonyl (C=O) groups is 2. The standard InChI is InChI=1S/C10H15N3O2/c1-2-3-8(6-11)10(15)13-5-4-12-9(14)7-13/h8H,2-5,7H2,1H3,(H,12,14). The van der Waals surface area contributed by atoms with E-state index in [2.05, 4.69) is 5.32 Å². The molecule has 1 fully saturated rings. The molecule has 0 bridgehead atoms. The summed E-state index contributed by atoms with van der Waals surface area (Å²) in [7, 11) is 0. The highest BCUT2D eigenvalue weighted by molar-refractivity contribution is 5.88. The lowest BCUT2D eigenvalue weighted by atomic mass is 10.0. The average molecular weight is 209 g/mol. The third-order valence-electron chi connectivity index (χ3n) is 2.38. The third kappa shape index (κ3) is 2.94. The van der Waals surface area contributed by atoms with Gasteiger partial charge < -0.3 is 10.2 Å². The molecule has 1 aliphatic rings. The van der Waals surface area contributed by atoms with Gasteiger partial charge in [0.2, 0.25) is 11.8 Å². The molecule has 0 aromatic carbocycles. The van der Waals surface area contributed by atoms with Crippen LogP contribution in [0, 0.1) is 17.2 Å². The first kappa shape index (κ1) is 11.5. The zero-order valence-electron chi connectivity index (χ0n) is 8.82. The zero-order chi connectivity index (χ0) is 11.3. The quantitative estimate of drug-likeness (QED) is 0.704. The summed E-state index contributed by atoms with van der Waals surface area (Å²) in [6.45, 7) is 3.00. The zero-order valence-corrected chi connectivity index (χ0v) is 8.82. The maximum Gasteiger partial charge on any atom is 0.240 e. The van der Waals surface area contributed by atoms with Crippen molar-refractivity contribution in [1.82, 2.24) is 10.2 Å². The average Bonchev–Trinajstić information content (AvgIpc) is 2.25. The van der Waals surface area contributed by atoms with Crippen LogP contribution in [0.3, 0.4) is 0 Å². The summed E-state index contributed by atoms with van der Waals surface area (Å²) >= 11 is 0. The molecule has 1 saturated heterocycles. The van der Waals surface area contributed by atoms with Crippen LogP contribution in [0.5, 0.6) is 0 Å². The molecule has 1 aliphatic heterocycles. The summed E-state index contributed by atoms with van der Waals surface area (Å²) in [6, 6.07) is 1.99. The van der Waals surface area contributed by atoms with E-state index in [9.17, 15) is 9.59 Å². The predicted molar refractivity (Wildman–Crippen MR) is 53.6 cm³/mol. The largest absolute Gasteiger partial charge is 0.353 e. The van der Waals surface area contributed by atoms with E-state index in [1.807, 2.05) is 13.0 Å². The molecule has 1 atom stereocenters. The van der Waals surface area contributed by atoms with Crippen molar-refractivity contribution in [2.75, 3.05) is 19.6 Å². The fourth-order valence-corrected chi connectivity index (χ4v) is 1.58. The minimum Gasteiger partial charge on any atom is -0.353 e. The first-order valence-electron chi connectivity index (χ1n) is 5.14. The van der Waals surface area contributed by atoms with Gasteiger partial charge in [0.05, 0.1) is 12.6 Å². The van der Waals surface area contributed by atoms with Gasteiger partial charge in [-0.05, 0) is 6.42 Å². The normalized spacial score (nSPS) is 17.9. The van der Waals surface area contributed by atoms with Gasteiger partial charge in [-0.25, -0.2) is 0 Å². The second-order valence-electron chi connectivity index (χ2n) is 3.58. The smallest absolute Gasteiger partial charge is 0.240 e. The Labute approximate surface area is 89.0 Å². The van der Waals surface area contributed by atoms with Crippen LogP contribution >= 0.6 is 0 Å². The third-order valence-corrected chi connectivity index (χ3v) is 2.38. The van der Waals surface area contributed by atoms with Crippen LogP contribution in [0.2, 0.25) is 0 Å². The molecular weight excluding hydrogens is 194 g/mol. The second kappa shape index (κ2) is 5.35. The molecule has 0 aromatic rings. The van der Waals surface area contributed by atoms with Crippen LogP contribution in [-0.2, 0) is 9.59 Å². The Kier molecular flexibility index (Phi) is 4.10. The van der Waals surface area contributed by atoms with Crippen molar-refractivity contribution in [3.8, 4) is 6.07 Å². The Morgan fingerprint density at radius 1 is 1.73 bits per heavy atom. The van der Waals surface area contributed by atoms with E-state index in [1.165, 1.54) is 4.90 Å². The van der Waals surface area contributed by atoms with Crippen molar-refractivity contribution < 1.29 is 9.59 Å². The van der Waals surface area contributed by atoms with E-state index < -0.39 is 5.92 Å². The topological polar surface area (TPSA) is 73.2 Å². The lowest BCUT2D eigenvalue weighted by Crippen LogP contribution is -2.51. The molecule has 1 unspecified atom stereocenters. The number of amides is 2. The second-order valence-corrected chi connectivity index (χ2v) is 3.58. The van der Waals surface area contributed by atoms with Crippen LogP contribution in [0.25, 0.3) is 0 Å². The molecule has 5 nitrogen and oxygen atoms in total. The molecule has 2 amide bonds. The van der Waals surface area contributed by atoms with E-state index in [0.717, 1.165) is 6.42 Å². The van der Waals surface area contributed by atoms with Gasteiger partial charge in [0.1, 0.15) is 5.92 Å². The Morgan fingerprint density at radius 3 is 3.00 bits per heavy atom. The minimum absolute atomic E-state index is 0.0841. The first-order chi connectivity index (χ1) is 7.19. The van der Waals surface area contributed by atoms with E-state index in [4.69, 9.17) is 5.26 Å². The summed E-state index contributed by atoms with van der Waals surface area (Å²) in [5.41, 5.74) is 0. The molecule has 1 N–H and O–H groups in total. The number of rotatable bonds is 3. The highest BCUT2D eigenvalue weighted by atomic mass is 16.2. The van der Waals surface area contributed by atoms with Crippen molar-refractivity contribution in [3.05, 3.63) is 0 Å². The summed E-state index contributed by atoms with van der Waals surface area (Å²) in [4.78, 5) is 24.3. The van der Waals surface area contributed by atoms with Crippen LogP contribution in [0.1, 0.15) is 19.8 Å². The molecular formula is C10H15N3O2. The lowest BCUT2D eigenvalue weighted by molar-refractivity contribution is -0.140. The van der Waals surface area contributed by atoms with Crippen LogP contribution < -0.4 is 5.32 Å². The van der Waals surface area contributed by atoms with Crippen molar-refractivity contribution in [2.24, 2.45) is 5.92 Å². The molecule has 0 spiro atoms. The van der Waals surface area contributed by atoms with Crippen LogP contribution in [0.4, 0.5) is 0 Å². The Hall–Kier alpha value is -1.57. The van der Waals surface area contributed by atoms with Crippen molar-refractivity contribution in [2.45, 2.75) is 19.8 Å². The van der Waals surface area contributed by atoms with Crippen molar-refractivity contribution >= 4 is 11.8 Å². The fraction of sp³-hybridized carbons (Fsp3) is 0.700. The van der Waals surface area contributed by atoms with Gasteiger partial charge in [-0.1, -0.05) is 13.3 Å². The molecule has 1 rings (SSSR count). The van der Waals surface area contributed by atoms with Crippen molar-refractivity contribution in [1.29, 1.82) is 5.26 Å². The van der Waals surface area contributed by atoms with Crippen LogP contribution in [-0.4, -0.2) is 36.3 Å². The van der Waals surface area contributed by atoms with Gasteiger partial charge >= 0.3 is 0 Å². The van der Waals surface area contributed by atoms with E-state index >= 15 is 0 Å². The molecule has 1 heterocycles. The van der Waals surface area contributed by atoms with Crippen LogP contribution in [0.15, 0.2) is 0 Å². The highest BCUT2D eigenvalue weighted by Crippen LogP contribution is 2.10. The molecule has 15 heavy (non-hydrogen) atoms. The van der Waals surface area contributed by atoms with Gasteiger partial charge in [0.25, 0.3) is 0 Å². The summed E-state index contributed by atoms with van der Waals surface area (Å²) in [5, 5.41) is 11.5. The highest BCUT2D eigenvalue weighted by Gasteiger charge is 2.26. The lowest BCUT2D eigenvalue weighted by Gasteiger charge is -2.28. The molecule has 0 radical (unpaired) electrons. The van der Waals surface area contributed by atoms with Gasteiger partial charge in [0, 0.05) is 13.1 Å². The number of nitrogens with one attached hydrogen (secondary N) is 1. The van der Waals surface area contributed by atoms with E-state index in [1.54, 1.807) is 0 Å². The summed E-state index contributed by atoms with van der Waals surface area (Å²) < 4.78 is 0. The number of nitrogens with zero attached hydrogens (tertiary/aromatic N) is 2. The minimum atomic E-state index is -0.596. The predicted octanol–water partition coefficient (Wildman–Crippen LogP) is -0.115. The monoisotopic (exact) mass is 209 g/mol. The number of carbonyl (C=O) groups excluding carboxylic acids is 2. The van der Waals surface area contributed by atoms with Crippen molar-refractivity contribution in [3.63, 3.8) is 0 Å². The number of piperazine rings is 1. The fourth-order valence-electron chi connectivity index (χ4n) is 1.58. The Bertz CT molecular complexity index is 296. The Morgan fingerprint density at radius 2 is 2.47 bits per heavy atom. The van der Waals surface area contributed by atoms with Gasteiger partial charge in [-0.3, -0.25) is 9.59 Å². The maximum atomic E-state index is 11.8. The van der Waals surface area contributed by atoms with E-state index in [-0.39, 0.29) is 18.4 Å². The number of nitriles is 1. The molecule has 0 aliphatic carbocycles. The maximum absolute atomic E-state index is 11.8. The first-order valence-corrected chi connectivity index (χ1v) is 5.14. The SMILES string of the molecule is CCCC(C#N)C(=O)N1CCNC(=O)C1. The summed E-state index contributed by atoms with van der Waals surface area (Å²) in [5.74, 6) is -0.960. The molecule has 5 heteroatoms. The summed E-state index contributed by atoms with van der Waals surface area (Å²) in [6.07, 6.45) is 1.36.